The number of hydrogen-bond acceptors (Lipinski definition) is 7. The molecule has 5 rings (SSSR count). The van der Waals surface area contributed by atoms with Crippen LogP contribution in [0.3, 0.4) is 0 Å². The summed E-state index contributed by atoms with van der Waals surface area (Å²) in [6.45, 7) is 0.589. The van der Waals surface area contributed by atoms with E-state index < -0.39 is 0 Å². The van der Waals surface area contributed by atoms with E-state index in [2.05, 4.69) is 32.7 Å². The molecule has 0 aliphatic rings. The number of nitrogens with one attached hydrogen (secondary N) is 2. The fourth-order valence-corrected chi connectivity index (χ4v) is 5.67. The molecule has 8 heteroatoms. The Kier molecular flexibility index (Phi) is 8.61. The van der Waals surface area contributed by atoms with Gasteiger partial charge >= 0.3 is 0 Å². The molecule has 2 aromatic heterocycles. The third-order valence-corrected chi connectivity index (χ3v) is 7.53. The van der Waals surface area contributed by atoms with E-state index in [9.17, 15) is 9.90 Å². The first-order valence-corrected chi connectivity index (χ1v) is 13.8. The van der Waals surface area contributed by atoms with Crippen LogP contribution in [0.1, 0.15) is 11.6 Å². The summed E-state index contributed by atoms with van der Waals surface area (Å²) >= 11 is 1.59. The summed E-state index contributed by atoms with van der Waals surface area (Å²) in [4.78, 5) is 25.7. The van der Waals surface area contributed by atoms with Crippen LogP contribution in [0.5, 0.6) is 0 Å². The molecule has 1 amide bonds. The minimum atomic E-state index is -0.341. The van der Waals surface area contributed by atoms with Gasteiger partial charge in [-0.3, -0.25) is 4.79 Å². The number of carbonyl (C=O) groups is 1. The third-order valence-electron chi connectivity index (χ3n) is 6.38. The molecule has 0 radical (unpaired) electrons. The number of aromatic nitrogens is 2. The fourth-order valence-electron chi connectivity index (χ4n) is 4.50. The summed E-state index contributed by atoms with van der Waals surface area (Å²) in [5, 5.41) is 17.6. The van der Waals surface area contributed by atoms with Crippen LogP contribution in [0, 0.1) is 0 Å². The van der Waals surface area contributed by atoms with Gasteiger partial charge in [-0.15, -0.1) is 11.3 Å². The largest absolute Gasteiger partial charge is 0.394 e. The second kappa shape index (κ2) is 12.7. The summed E-state index contributed by atoms with van der Waals surface area (Å²) < 4.78 is 0. The van der Waals surface area contributed by atoms with Crippen molar-refractivity contribution in [3.8, 4) is 21.6 Å². The van der Waals surface area contributed by atoms with Crippen LogP contribution in [0.15, 0.2) is 103 Å². The van der Waals surface area contributed by atoms with Gasteiger partial charge in [0.15, 0.2) is 0 Å². The zero-order valence-electron chi connectivity index (χ0n) is 22.4. The molecule has 1 atom stereocenters. The highest BCUT2D eigenvalue weighted by Crippen LogP contribution is 2.46. The Bertz CT molecular complexity index is 1620. The zero-order valence-corrected chi connectivity index (χ0v) is 23.2. The zero-order chi connectivity index (χ0) is 27.9. The van der Waals surface area contributed by atoms with Gasteiger partial charge in [0.25, 0.3) is 0 Å². The summed E-state index contributed by atoms with van der Waals surface area (Å²) in [6.07, 6.45) is 4.94. The minimum absolute atomic E-state index is 0.0939. The molecule has 0 fully saturated rings. The minimum Gasteiger partial charge on any atom is -0.394 e. The SMILES string of the molecule is CN(C)C/C=C/C(=O)Nc1cccc(-c2c(-c3ccccc3)sc3ncnc(N[C@H](CO)c4ccccc4)c23)c1. The van der Waals surface area contributed by atoms with E-state index in [-0.39, 0.29) is 18.6 Å². The maximum Gasteiger partial charge on any atom is 0.248 e. The Hall–Kier alpha value is -4.37. The van der Waals surface area contributed by atoms with Crippen molar-refractivity contribution in [3.05, 3.63) is 109 Å². The molecular formula is C32H31N5O2S. The summed E-state index contributed by atoms with van der Waals surface area (Å²) in [5.74, 6) is 0.458. The van der Waals surface area contributed by atoms with E-state index in [1.54, 1.807) is 23.7 Å². The number of nitrogens with zero attached hydrogens (tertiary/aromatic N) is 3. The molecule has 0 unspecified atom stereocenters. The van der Waals surface area contributed by atoms with Crippen LogP contribution >= 0.6 is 11.3 Å². The van der Waals surface area contributed by atoms with Crippen molar-refractivity contribution in [3.63, 3.8) is 0 Å². The van der Waals surface area contributed by atoms with Crippen molar-refractivity contribution in [2.24, 2.45) is 0 Å². The normalized spacial score (nSPS) is 12.2. The maximum absolute atomic E-state index is 12.6. The second-order valence-electron chi connectivity index (χ2n) is 9.60. The molecular weight excluding hydrogens is 518 g/mol. The standard InChI is InChI=1S/C32H31N5O2S/c1-37(2)18-10-17-27(39)35-25-16-9-15-24(19-25)28-29-31(36-26(20-38)22-11-5-3-6-12-22)33-21-34-32(29)40-30(28)23-13-7-4-8-14-23/h3-17,19,21,26,38H,18,20H2,1-2H3,(H,35,39)(H,33,34,36)/b17-10+/t26-/m1/s1. The first-order valence-electron chi connectivity index (χ1n) is 13.0. The Morgan fingerprint density at radius 1 is 0.975 bits per heavy atom. The van der Waals surface area contributed by atoms with Gasteiger partial charge in [-0.25, -0.2) is 9.97 Å². The van der Waals surface area contributed by atoms with E-state index in [4.69, 9.17) is 0 Å². The molecule has 202 valence electrons. The maximum atomic E-state index is 12.6. The number of benzene rings is 3. The predicted octanol–water partition coefficient (Wildman–Crippen LogP) is 6.23. The van der Waals surface area contributed by atoms with Gasteiger partial charge in [-0.1, -0.05) is 78.9 Å². The quantitative estimate of drug-likeness (QED) is 0.179. The number of hydrogen-bond donors (Lipinski definition) is 3. The highest BCUT2D eigenvalue weighted by molar-refractivity contribution is 7.22. The molecule has 0 aliphatic heterocycles. The van der Waals surface area contributed by atoms with Crippen molar-refractivity contribution < 1.29 is 9.90 Å². The van der Waals surface area contributed by atoms with Crippen LogP contribution < -0.4 is 10.6 Å². The average molecular weight is 550 g/mol. The Balaban J connectivity index is 1.60. The number of rotatable bonds is 10. The molecule has 0 bridgehead atoms. The van der Waals surface area contributed by atoms with Gasteiger partial charge in [-0.2, -0.15) is 0 Å². The average Bonchev–Trinajstić information content (AvgIpc) is 3.37. The number of aliphatic hydroxyl groups excluding tert-OH is 1. The monoisotopic (exact) mass is 549 g/mol. The van der Waals surface area contributed by atoms with E-state index in [1.807, 2.05) is 97.9 Å². The summed E-state index contributed by atoms with van der Waals surface area (Å²) in [5.41, 5.74) is 4.62. The van der Waals surface area contributed by atoms with Gasteiger partial charge in [0.1, 0.15) is 17.0 Å². The lowest BCUT2D eigenvalue weighted by Crippen LogP contribution is -2.15. The topological polar surface area (TPSA) is 90.4 Å². The molecule has 0 saturated carbocycles. The molecule has 0 saturated heterocycles. The first kappa shape index (κ1) is 27.2. The Labute approximate surface area is 237 Å². The number of fused-ring (bicyclic) bond motifs is 1. The smallest absolute Gasteiger partial charge is 0.248 e. The Morgan fingerprint density at radius 2 is 1.70 bits per heavy atom. The lowest BCUT2D eigenvalue weighted by atomic mass is 9.99. The fraction of sp³-hybridized carbons (Fsp3) is 0.156. The van der Waals surface area contributed by atoms with Gasteiger partial charge in [0.2, 0.25) is 5.91 Å². The van der Waals surface area contributed by atoms with Crippen LogP contribution in [0.25, 0.3) is 31.8 Å². The molecule has 40 heavy (non-hydrogen) atoms. The second-order valence-corrected chi connectivity index (χ2v) is 10.6. The van der Waals surface area contributed by atoms with Gasteiger partial charge in [0, 0.05) is 28.7 Å². The third kappa shape index (κ3) is 6.26. The Morgan fingerprint density at radius 3 is 2.42 bits per heavy atom. The lowest BCUT2D eigenvalue weighted by molar-refractivity contribution is -0.111. The number of carbonyl (C=O) groups excluding carboxylic acids is 1. The van der Waals surface area contributed by atoms with E-state index >= 15 is 0 Å². The van der Waals surface area contributed by atoms with Crippen molar-refractivity contribution in [2.45, 2.75) is 6.04 Å². The van der Waals surface area contributed by atoms with Crippen LogP contribution in [-0.4, -0.2) is 53.1 Å². The summed E-state index contributed by atoms with van der Waals surface area (Å²) in [7, 11) is 3.91. The van der Waals surface area contributed by atoms with Gasteiger partial charge in [0.05, 0.1) is 18.0 Å². The molecule has 0 aliphatic carbocycles. The van der Waals surface area contributed by atoms with Crippen molar-refractivity contribution in [1.82, 2.24) is 14.9 Å². The van der Waals surface area contributed by atoms with Crippen LogP contribution in [0.4, 0.5) is 11.5 Å². The predicted molar refractivity (Wildman–Crippen MR) is 165 cm³/mol. The molecule has 7 nitrogen and oxygen atoms in total. The van der Waals surface area contributed by atoms with Crippen molar-refractivity contribution >= 4 is 39.0 Å². The number of likely N-dealkylation sites (N-methyl/N-ethyl adjacent to an activating group) is 1. The van der Waals surface area contributed by atoms with E-state index in [1.165, 1.54) is 0 Å². The first-order chi connectivity index (χ1) is 19.5. The highest BCUT2D eigenvalue weighted by Gasteiger charge is 2.22. The van der Waals surface area contributed by atoms with Crippen LogP contribution in [-0.2, 0) is 4.79 Å². The van der Waals surface area contributed by atoms with E-state index in [0.717, 1.165) is 37.3 Å². The molecule has 2 heterocycles. The number of amides is 1. The lowest BCUT2D eigenvalue weighted by Gasteiger charge is -2.18. The highest BCUT2D eigenvalue weighted by atomic mass is 32.1. The van der Waals surface area contributed by atoms with Crippen LogP contribution in [0.2, 0.25) is 0 Å². The number of thiophene rings is 1. The van der Waals surface area contributed by atoms with Gasteiger partial charge < -0.3 is 20.6 Å². The molecule has 3 N–H and O–H groups in total. The molecule has 5 aromatic rings. The summed E-state index contributed by atoms with van der Waals surface area (Å²) in [6, 6.07) is 27.5. The van der Waals surface area contributed by atoms with Crippen molar-refractivity contribution in [2.75, 3.05) is 37.9 Å². The molecule has 3 aromatic carbocycles. The van der Waals surface area contributed by atoms with Gasteiger partial charge in [-0.05, 0) is 42.9 Å². The number of aliphatic hydroxyl groups is 1. The number of anilines is 2. The van der Waals surface area contributed by atoms with E-state index in [0.29, 0.717) is 18.1 Å². The molecule has 0 spiro atoms. The van der Waals surface area contributed by atoms with Crippen molar-refractivity contribution in [1.29, 1.82) is 0 Å².